The van der Waals surface area contributed by atoms with E-state index < -0.39 is 5.38 Å². The molecule has 76 valence electrons. The predicted octanol–water partition coefficient (Wildman–Crippen LogP) is 3.56. The molecule has 14 heavy (non-hydrogen) atoms. The number of rotatable bonds is 2. The molecule has 0 unspecified atom stereocenters. The molecule has 0 aliphatic rings. The highest BCUT2D eigenvalue weighted by atomic mass is 35.5. The first kappa shape index (κ1) is 11.6. The number of hydrogen-bond acceptors (Lipinski definition) is 1. The van der Waals surface area contributed by atoms with Crippen molar-refractivity contribution in [3.05, 3.63) is 28.2 Å². The van der Waals surface area contributed by atoms with Crippen LogP contribution in [0.15, 0.2) is 18.2 Å². The highest BCUT2D eigenvalue weighted by Gasteiger charge is 2.11. The molecule has 0 radical (unpaired) electrons. The second-order valence-electron chi connectivity index (χ2n) is 2.71. The fraction of sp³-hybridized carbons (Fsp3) is 0.222. The summed E-state index contributed by atoms with van der Waals surface area (Å²) in [5.74, 6) is -0.309. The zero-order valence-electron chi connectivity index (χ0n) is 7.35. The molecule has 0 spiro atoms. The van der Waals surface area contributed by atoms with Gasteiger partial charge in [0.1, 0.15) is 5.38 Å². The van der Waals surface area contributed by atoms with Crippen molar-refractivity contribution in [2.24, 2.45) is 0 Å². The van der Waals surface area contributed by atoms with Gasteiger partial charge < -0.3 is 5.32 Å². The number of nitrogens with one attached hydrogen (secondary N) is 1. The SMILES string of the molecule is C[C@H](Cl)C(=O)Nc1cccc(Cl)c1Cl. The fourth-order valence-electron chi connectivity index (χ4n) is 0.833. The van der Waals surface area contributed by atoms with Crippen molar-refractivity contribution in [2.45, 2.75) is 12.3 Å². The van der Waals surface area contributed by atoms with Crippen molar-refractivity contribution >= 4 is 46.4 Å². The Kier molecular flexibility index (Phi) is 4.05. The lowest BCUT2D eigenvalue weighted by Gasteiger charge is -2.08. The maximum Gasteiger partial charge on any atom is 0.242 e. The monoisotopic (exact) mass is 251 g/mol. The van der Waals surface area contributed by atoms with Crippen molar-refractivity contribution in [3.8, 4) is 0 Å². The van der Waals surface area contributed by atoms with E-state index in [2.05, 4.69) is 5.32 Å². The molecule has 1 aromatic carbocycles. The Morgan fingerprint density at radius 3 is 2.64 bits per heavy atom. The summed E-state index contributed by atoms with van der Waals surface area (Å²) >= 11 is 17.2. The second kappa shape index (κ2) is 4.87. The summed E-state index contributed by atoms with van der Waals surface area (Å²) in [4.78, 5) is 11.2. The van der Waals surface area contributed by atoms with E-state index in [1.807, 2.05) is 0 Å². The summed E-state index contributed by atoms with van der Waals surface area (Å²) in [6.07, 6.45) is 0. The van der Waals surface area contributed by atoms with Crippen LogP contribution in [0.3, 0.4) is 0 Å². The Balaban J connectivity index is 2.87. The lowest BCUT2D eigenvalue weighted by Crippen LogP contribution is -2.20. The molecule has 1 rings (SSSR count). The maximum absolute atomic E-state index is 11.2. The van der Waals surface area contributed by atoms with Crippen LogP contribution in [-0.4, -0.2) is 11.3 Å². The van der Waals surface area contributed by atoms with Crippen LogP contribution in [0.2, 0.25) is 10.0 Å². The number of anilines is 1. The number of carbonyl (C=O) groups is 1. The van der Waals surface area contributed by atoms with Crippen LogP contribution in [0.1, 0.15) is 6.92 Å². The molecule has 0 fully saturated rings. The van der Waals surface area contributed by atoms with E-state index in [0.717, 1.165) is 0 Å². The molecule has 1 amide bonds. The average Bonchev–Trinajstić information content (AvgIpc) is 2.12. The summed E-state index contributed by atoms with van der Waals surface area (Å²) in [5.41, 5.74) is 0.469. The zero-order chi connectivity index (χ0) is 10.7. The van der Waals surface area contributed by atoms with Gasteiger partial charge in [0.05, 0.1) is 15.7 Å². The molecule has 0 aliphatic carbocycles. The van der Waals surface area contributed by atoms with Crippen LogP contribution in [0.5, 0.6) is 0 Å². The first-order valence-electron chi connectivity index (χ1n) is 3.91. The second-order valence-corrected chi connectivity index (χ2v) is 4.15. The molecule has 0 bridgehead atoms. The van der Waals surface area contributed by atoms with Crippen molar-refractivity contribution in [2.75, 3.05) is 5.32 Å². The minimum absolute atomic E-state index is 0.309. The Morgan fingerprint density at radius 2 is 2.07 bits per heavy atom. The molecule has 1 aromatic rings. The zero-order valence-corrected chi connectivity index (χ0v) is 9.62. The molecule has 0 aliphatic heterocycles. The van der Waals surface area contributed by atoms with Gasteiger partial charge in [0.2, 0.25) is 5.91 Å². The number of amides is 1. The van der Waals surface area contributed by atoms with Gasteiger partial charge in [0.25, 0.3) is 0 Å². The van der Waals surface area contributed by atoms with Crippen LogP contribution in [0.25, 0.3) is 0 Å². The van der Waals surface area contributed by atoms with Gasteiger partial charge in [-0.1, -0.05) is 29.3 Å². The fourth-order valence-corrected chi connectivity index (χ4v) is 1.23. The molecule has 1 atom stereocenters. The smallest absolute Gasteiger partial charge is 0.242 e. The van der Waals surface area contributed by atoms with Crippen LogP contribution in [0.4, 0.5) is 5.69 Å². The Hall–Kier alpha value is -0.440. The third-order valence-electron chi connectivity index (χ3n) is 1.57. The number of hydrogen-bond donors (Lipinski definition) is 1. The number of alkyl halides is 1. The van der Waals surface area contributed by atoms with Crippen molar-refractivity contribution in [1.82, 2.24) is 0 Å². The van der Waals surface area contributed by atoms with E-state index in [1.54, 1.807) is 25.1 Å². The lowest BCUT2D eigenvalue weighted by atomic mass is 10.3. The molecule has 1 N–H and O–H groups in total. The maximum atomic E-state index is 11.2. The normalized spacial score (nSPS) is 12.3. The number of halogens is 3. The Bertz CT molecular complexity index is 352. The molecular weight excluding hydrogens is 244 g/mol. The minimum atomic E-state index is -0.606. The van der Waals surface area contributed by atoms with E-state index in [0.29, 0.717) is 15.7 Å². The van der Waals surface area contributed by atoms with Crippen LogP contribution in [0, 0.1) is 0 Å². The highest BCUT2D eigenvalue weighted by molar-refractivity contribution is 6.44. The molecule has 0 aromatic heterocycles. The van der Waals surface area contributed by atoms with Gasteiger partial charge in [0, 0.05) is 0 Å². The third-order valence-corrected chi connectivity index (χ3v) is 2.59. The van der Waals surface area contributed by atoms with Crippen LogP contribution < -0.4 is 5.32 Å². The van der Waals surface area contributed by atoms with E-state index in [9.17, 15) is 4.79 Å². The summed E-state index contributed by atoms with van der Waals surface area (Å²) in [7, 11) is 0. The van der Waals surface area contributed by atoms with Gasteiger partial charge in [-0.25, -0.2) is 0 Å². The van der Waals surface area contributed by atoms with Crippen LogP contribution >= 0.6 is 34.8 Å². The van der Waals surface area contributed by atoms with Gasteiger partial charge in [-0.05, 0) is 19.1 Å². The molecular formula is C9H8Cl3NO. The van der Waals surface area contributed by atoms with Crippen LogP contribution in [-0.2, 0) is 4.79 Å². The first-order chi connectivity index (χ1) is 6.52. The first-order valence-corrected chi connectivity index (χ1v) is 5.10. The number of carbonyl (C=O) groups excluding carboxylic acids is 1. The Labute approximate surface area is 97.1 Å². The van der Waals surface area contributed by atoms with E-state index >= 15 is 0 Å². The van der Waals surface area contributed by atoms with Crippen molar-refractivity contribution in [1.29, 1.82) is 0 Å². The van der Waals surface area contributed by atoms with Crippen molar-refractivity contribution in [3.63, 3.8) is 0 Å². The standard InChI is InChI=1S/C9H8Cl3NO/c1-5(10)9(14)13-7-4-2-3-6(11)8(7)12/h2-5H,1H3,(H,13,14)/t5-/m0/s1. The Morgan fingerprint density at radius 1 is 1.43 bits per heavy atom. The molecule has 0 saturated heterocycles. The lowest BCUT2D eigenvalue weighted by molar-refractivity contribution is -0.115. The molecule has 5 heteroatoms. The molecule has 2 nitrogen and oxygen atoms in total. The van der Waals surface area contributed by atoms with E-state index in [1.165, 1.54) is 0 Å². The minimum Gasteiger partial charge on any atom is -0.323 e. The van der Waals surface area contributed by atoms with E-state index in [4.69, 9.17) is 34.8 Å². The number of benzene rings is 1. The molecule has 0 saturated carbocycles. The van der Waals surface area contributed by atoms with Gasteiger partial charge >= 0.3 is 0 Å². The summed E-state index contributed by atoms with van der Waals surface area (Å²) in [6, 6.07) is 5.00. The quantitative estimate of drug-likeness (QED) is 0.801. The van der Waals surface area contributed by atoms with Gasteiger partial charge in [0.15, 0.2) is 0 Å². The summed E-state index contributed by atoms with van der Waals surface area (Å²) < 4.78 is 0. The largest absolute Gasteiger partial charge is 0.323 e. The molecule has 0 heterocycles. The van der Waals surface area contributed by atoms with Crippen molar-refractivity contribution < 1.29 is 4.79 Å². The highest BCUT2D eigenvalue weighted by Crippen LogP contribution is 2.29. The van der Waals surface area contributed by atoms with Gasteiger partial charge in [-0.2, -0.15) is 0 Å². The summed E-state index contributed by atoms with van der Waals surface area (Å²) in [5, 5.41) is 2.67. The third kappa shape index (κ3) is 2.77. The predicted molar refractivity (Wildman–Crippen MR) is 60.4 cm³/mol. The average molecular weight is 253 g/mol. The van der Waals surface area contributed by atoms with Gasteiger partial charge in [-0.3, -0.25) is 4.79 Å². The summed E-state index contributed by atoms with van der Waals surface area (Å²) in [6.45, 7) is 1.58. The van der Waals surface area contributed by atoms with Gasteiger partial charge in [-0.15, -0.1) is 11.6 Å². The van der Waals surface area contributed by atoms with E-state index in [-0.39, 0.29) is 5.91 Å². The topological polar surface area (TPSA) is 29.1 Å².